The van der Waals surface area contributed by atoms with Crippen molar-refractivity contribution in [3.63, 3.8) is 0 Å². The molecule has 1 aromatic heterocycles. The number of carbonyl (C=O) groups excluding carboxylic acids is 1. The third-order valence-electron chi connectivity index (χ3n) is 1.26. The van der Waals surface area contributed by atoms with Crippen LogP contribution in [0, 0.1) is 0 Å². The average molecular weight is 233 g/mol. The Morgan fingerprint density at radius 1 is 1.64 bits per heavy atom. The van der Waals surface area contributed by atoms with Crippen molar-refractivity contribution >= 4 is 34.2 Å². The van der Waals surface area contributed by atoms with E-state index in [2.05, 4.69) is 10.2 Å². The summed E-state index contributed by atoms with van der Waals surface area (Å²) < 4.78 is 5.56. The fourth-order valence-electron chi connectivity index (χ4n) is 0.734. The first-order valence-corrected chi connectivity index (χ1v) is 5.90. The maximum atomic E-state index is 10.9. The Balaban J connectivity index is 2.18. The van der Waals surface area contributed by atoms with Crippen LogP contribution in [0.4, 0.5) is 5.13 Å². The zero-order valence-electron chi connectivity index (χ0n) is 7.73. The highest BCUT2D eigenvalue weighted by molar-refractivity contribution is 8.01. The van der Waals surface area contributed by atoms with Crippen LogP contribution in [0.5, 0.6) is 0 Å². The number of ether oxygens (including phenoxy) is 1. The Morgan fingerprint density at radius 3 is 3.00 bits per heavy atom. The minimum atomic E-state index is -0.183. The number of nitrogens with two attached hydrogens (primary N) is 1. The van der Waals surface area contributed by atoms with E-state index in [-0.39, 0.29) is 5.97 Å². The van der Waals surface area contributed by atoms with Gasteiger partial charge in [-0.05, 0) is 6.92 Å². The molecule has 0 unspecified atom stereocenters. The van der Waals surface area contributed by atoms with Crippen LogP contribution in [0.2, 0.25) is 0 Å². The van der Waals surface area contributed by atoms with Gasteiger partial charge in [-0.3, -0.25) is 4.79 Å². The molecule has 1 rings (SSSR count). The van der Waals surface area contributed by atoms with Crippen LogP contribution < -0.4 is 5.73 Å². The highest BCUT2D eigenvalue weighted by atomic mass is 32.2. The molecular formula is C7H11N3O2S2. The van der Waals surface area contributed by atoms with Gasteiger partial charge in [-0.2, -0.15) is 0 Å². The molecule has 7 heteroatoms. The minimum absolute atomic E-state index is 0.183. The number of hydrogen-bond donors (Lipinski definition) is 1. The van der Waals surface area contributed by atoms with Gasteiger partial charge < -0.3 is 10.5 Å². The summed E-state index contributed by atoms with van der Waals surface area (Å²) in [6, 6.07) is 0. The molecule has 0 aliphatic heterocycles. The van der Waals surface area contributed by atoms with Gasteiger partial charge in [0, 0.05) is 5.75 Å². The van der Waals surface area contributed by atoms with Crippen molar-refractivity contribution in [3.05, 3.63) is 0 Å². The van der Waals surface area contributed by atoms with Gasteiger partial charge in [0.1, 0.15) is 0 Å². The molecule has 0 aliphatic rings. The maximum absolute atomic E-state index is 10.9. The van der Waals surface area contributed by atoms with Gasteiger partial charge in [0.15, 0.2) is 4.34 Å². The number of anilines is 1. The molecule has 0 radical (unpaired) electrons. The number of carbonyl (C=O) groups is 1. The minimum Gasteiger partial charge on any atom is -0.466 e. The topological polar surface area (TPSA) is 78.1 Å². The number of hydrogen-bond acceptors (Lipinski definition) is 7. The van der Waals surface area contributed by atoms with Crippen molar-refractivity contribution in [2.24, 2.45) is 0 Å². The second-order valence-corrected chi connectivity index (χ2v) is 4.66. The fraction of sp³-hybridized carbons (Fsp3) is 0.571. The summed E-state index contributed by atoms with van der Waals surface area (Å²) in [5.74, 6) is 0.463. The van der Waals surface area contributed by atoms with E-state index in [4.69, 9.17) is 10.5 Å². The Morgan fingerprint density at radius 2 is 2.43 bits per heavy atom. The van der Waals surface area contributed by atoms with E-state index in [9.17, 15) is 4.79 Å². The Bertz CT molecular complexity index is 303. The second kappa shape index (κ2) is 5.82. The van der Waals surface area contributed by atoms with Gasteiger partial charge in [0.05, 0.1) is 13.0 Å². The molecule has 2 N–H and O–H groups in total. The van der Waals surface area contributed by atoms with E-state index in [0.717, 1.165) is 4.34 Å². The number of esters is 1. The number of nitrogen functional groups attached to an aromatic ring is 1. The average Bonchev–Trinajstić information content (AvgIpc) is 2.52. The molecule has 0 amide bonds. The van der Waals surface area contributed by atoms with E-state index in [1.165, 1.54) is 23.1 Å². The zero-order chi connectivity index (χ0) is 10.4. The van der Waals surface area contributed by atoms with Gasteiger partial charge in [-0.25, -0.2) is 0 Å². The molecule has 0 bridgehead atoms. The van der Waals surface area contributed by atoms with Gasteiger partial charge in [-0.1, -0.05) is 23.1 Å². The number of aromatic nitrogens is 2. The molecule has 0 aliphatic carbocycles. The van der Waals surface area contributed by atoms with Crippen molar-refractivity contribution in [3.8, 4) is 0 Å². The summed E-state index contributed by atoms with van der Waals surface area (Å²) in [5.41, 5.74) is 5.40. The van der Waals surface area contributed by atoms with Gasteiger partial charge in [-0.15, -0.1) is 10.2 Å². The van der Waals surface area contributed by atoms with E-state index in [1.807, 2.05) is 0 Å². The molecular weight excluding hydrogens is 222 g/mol. The first-order valence-electron chi connectivity index (χ1n) is 4.09. The highest BCUT2D eigenvalue weighted by Crippen LogP contribution is 2.23. The number of rotatable bonds is 5. The van der Waals surface area contributed by atoms with Crippen LogP contribution in [0.1, 0.15) is 13.3 Å². The fourth-order valence-corrected chi connectivity index (χ4v) is 2.36. The van der Waals surface area contributed by atoms with E-state index in [0.29, 0.717) is 23.9 Å². The summed E-state index contributed by atoms with van der Waals surface area (Å²) in [6.07, 6.45) is 0.387. The maximum Gasteiger partial charge on any atom is 0.306 e. The van der Waals surface area contributed by atoms with Crippen molar-refractivity contribution in [1.82, 2.24) is 10.2 Å². The first kappa shape index (κ1) is 11.3. The van der Waals surface area contributed by atoms with Crippen LogP contribution in [0.15, 0.2) is 4.34 Å². The van der Waals surface area contributed by atoms with E-state index in [1.54, 1.807) is 6.92 Å². The lowest BCUT2D eigenvalue weighted by Crippen LogP contribution is -2.04. The molecule has 14 heavy (non-hydrogen) atoms. The van der Waals surface area contributed by atoms with Crippen molar-refractivity contribution in [2.75, 3.05) is 18.1 Å². The molecule has 0 fully saturated rings. The lowest BCUT2D eigenvalue weighted by atomic mass is 10.5. The van der Waals surface area contributed by atoms with Crippen LogP contribution in [0.25, 0.3) is 0 Å². The molecule has 0 spiro atoms. The molecule has 1 heterocycles. The summed E-state index contributed by atoms with van der Waals surface area (Å²) in [5, 5.41) is 7.92. The quantitative estimate of drug-likeness (QED) is 0.607. The zero-order valence-corrected chi connectivity index (χ0v) is 9.36. The molecule has 0 saturated heterocycles. The van der Waals surface area contributed by atoms with E-state index < -0.39 is 0 Å². The summed E-state index contributed by atoms with van der Waals surface area (Å²) in [6.45, 7) is 2.21. The van der Waals surface area contributed by atoms with Gasteiger partial charge >= 0.3 is 5.97 Å². The predicted octanol–water partition coefficient (Wildman–Crippen LogP) is 1.17. The van der Waals surface area contributed by atoms with Crippen LogP contribution >= 0.6 is 23.1 Å². The Kier molecular flexibility index (Phi) is 4.68. The predicted molar refractivity (Wildman–Crippen MR) is 56.3 cm³/mol. The third kappa shape index (κ3) is 3.93. The van der Waals surface area contributed by atoms with Crippen molar-refractivity contribution < 1.29 is 9.53 Å². The number of nitrogens with zero attached hydrogens (tertiary/aromatic N) is 2. The van der Waals surface area contributed by atoms with Crippen LogP contribution in [0.3, 0.4) is 0 Å². The summed E-state index contributed by atoms with van der Waals surface area (Å²) in [7, 11) is 0. The lowest BCUT2D eigenvalue weighted by Gasteiger charge is -1.98. The molecule has 5 nitrogen and oxygen atoms in total. The summed E-state index contributed by atoms with van der Waals surface area (Å²) >= 11 is 2.78. The monoisotopic (exact) mass is 233 g/mol. The summed E-state index contributed by atoms with van der Waals surface area (Å²) in [4.78, 5) is 10.9. The van der Waals surface area contributed by atoms with Crippen molar-refractivity contribution in [2.45, 2.75) is 17.7 Å². The van der Waals surface area contributed by atoms with Gasteiger partial charge in [0.25, 0.3) is 0 Å². The third-order valence-corrected chi connectivity index (χ3v) is 3.15. The Hall–Kier alpha value is -0.820. The first-order chi connectivity index (χ1) is 6.72. The normalized spacial score (nSPS) is 10.1. The second-order valence-electron chi connectivity index (χ2n) is 2.31. The lowest BCUT2D eigenvalue weighted by molar-refractivity contribution is -0.142. The van der Waals surface area contributed by atoms with Crippen LogP contribution in [-0.2, 0) is 9.53 Å². The SMILES string of the molecule is CCOC(=O)CCSc1nnc(N)s1. The smallest absolute Gasteiger partial charge is 0.306 e. The number of thioether (sulfide) groups is 1. The molecule has 0 saturated carbocycles. The molecule has 0 atom stereocenters. The van der Waals surface area contributed by atoms with Crippen LogP contribution in [-0.4, -0.2) is 28.5 Å². The molecule has 1 aromatic rings. The molecule has 78 valence electrons. The largest absolute Gasteiger partial charge is 0.466 e. The van der Waals surface area contributed by atoms with Gasteiger partial charge in [0.2, 0.25) is 5.13 Å². The van der Waals surface area contributed by atoms with E-state index >= 15 is 0 Å². The van der Waals surface area contributed by atoms with Crippen molar-refractivity contribution in [1.29, 1.82) is 0 Å². The standard InChI is InChI=1S/C7H11N3O2S2/c1-2-12-5(11)3-4-13-7-10-9-6(8)14-7/h2-4H2,1H3,(H2,8,9). The Labute approximate surface area is 90.0 Å². The molecule has 0 aromatic carbocycles. The highest BCUT2D eigenvalue weighted by Gasteiger charge is 2.05.